The van der Waals surface area contributed by atoms with Crippen LogP contribution < -0.4 is 16.4 Å². The fraction of sp³-hybridized carbons (Fsp3) is 0.158. The molecule has 0 aliphatic carbocycles. The van der Waals surface area contributed by atoms with Crippen LogP contribution >= 0.6 is 0 Å². The summed E-state index contributed by atoms with van der Waals surface area (Å²) in [7, 11) is 0. The normalized spacial score (nSPS) is 10.9. The first kappa shape index (κ1) is 19.1. The highest BCUT2D eigenvalue weighted by molar-refractivity contribution is 6.12. The molecule has 3 heterocycles. The molecule has 0 unspecified atom stereocenters. The number of amides is 2. The summed E-state index contributed by atoms with van der Waals surface area (Å²) in [5.74, 6) is -0.675. The monoisotopic (exact) mass is 406 g/mol. The number of hydrogen-bond donors (Lipinski definition) is 3. The van der Waals surface area contributed by atoms with E-state index in [1.807, 2.05) is 12.1 Å². The number of anilines is 2. The van der Waals surface area contributed by atoms with E-state index < -0.39 is 5.91 Å². The number of carbonyl (C=O) groups is 2. The van der Waals surface area contributed by atoms with E-state index in [0.717, 1.165) is 0 Å². The minimum Gasteiger partial charge on any atom is -0.423 e. The van der Waals surface area contributed by atoms with Crippen molar-refractivity contribution >= 4 is 45.8 Å². The van der Waals surface area contributed by atoms with Crippen LogP contribution in [-0.4, -0.2) is 43.1 Å². The molecular weight excluding hydrogens is 388 g/mol. The van der Waals surface area contributed by atoms with Crippen molar-refractivity contribution in [3.63, 3.8) is 0 Å². The highest BCUT2D eigenvalue weighted by atomic mass is 16.4. The second-order valence-corrected chi connectivity index (χ2v) is 6.32. The number of hydrogen-bond acceptors (Lipinski definition) is 8. The Morgan fingerprint density at radius 1 is 1.27 bits per heavy atom. The van der Waals surface area contributed by atoms with Crippen molar-refractivity contribution in [2.45, 2.75) is 13.0 Å². The first-order chi connectivity index (χ1) is 14.6. The van der Waals surface area contributed by atoms with Gasteiger partial charge in [-0.2, -0.15) is 10.1 Å². The van der Waals surface area contributed by atoms with E-state index >= 15 is 0 Å². The molecule has 2 amide bonds. The fourth-order valence-electron chi connectivity index (χ4n) is 2.94. The van der Waals surface area contributed by atoms with E-state index in [0.29, 0.717) is 41.6 Å². The second-order valence-electron chi connectivity index (χ2n) is 6.32. The molecule has 1 aromatic carbocycles. The van der Waals surface area contributed by atoms with Crippen molar-refractivity contribution in [1.82, 2.24) is 30.0 Å². The lowest BCUT2D eigenvalue weighted by Crippen LogP contribution is -2.23. The summed E-state index contributed by atoms with van der Waals surface area (Å²) in [6.45, 7) is 4.22. The third-order valence-corrected chi connectivity index (χ3v) is 4.32. The Labute approximate surface area is 170 Å². The highest BCUT2D eigenvalue weighted by Crippen LogP contribution is 2.23. The summed E-state index contributed by atoms with van der Waals surface area (Å²) in [6.07, 6.45) is 3.07. The molecular formula is C19H18N8O3. The molecule has 0 atom stereocenters. The lowest BCUT2D eigenvalue weighted by molar-refractivity contribution is -0.116. The lowest BCUT2D eigenvalue weighted by atomic mass is 10.2. The standard InChI is InChI=1S/C19H18N8O3/c1-2-13(28)21-8-5-9-27-17-14(16(20)22-10-23-17)15(26-27)18(29)25-19-24-11-6-3-4-7-12(11)30-19/h2-4,6-7,10H,1,5,8-9H2,(H,21,28)(H2,20,22,23)(H,24,25,29). The molecule has 11 nitrogen and oxygen atoms in total. The molecule has 0 aliphatic rings. The van der Waals surface area contributed by atoms with Crippen LogP contribution in [0.3, 0.4) is 0 Å². The van der Waals surface area contributed by atoms with Crippen LogP contribution in [0.2, 0.25) is 0 Å². The van der Waals surface area contributed by atoms with Crippen molar-refractivity contribution in [3.8, 4) is 0 Å². The van der Waals surface area contributed by atoms with Gasteiger partial charge in [-0.25, -0.2) is 14.6 Å². The fourth-order valence-corrected chi connectivity index (χ4v) is 2.94. The first-order valence-corrected chi connectivity index (χ1v) is 9.11. The number of rotatable bonds is 7. The molecule has 0 aliphatic heterocycles. The van der Waals surface area contributed by atoms with Crippen LogP contribution in [-0.2, 0) is 11.3 Å². The molecule has 0 fully saturated rings. The molecule has 4 aromatic rings. The molecule has 0 saturated carbocycles. The number of fused-ring (bicyclic) bond motifs is 2. The summed E-state index contributed by atoms with van der Waals surface area (Å²) in [6, 6.07) is 7.20. The van der Waals surface area contributed by atoms with E-state index in [9.17, 15) is 9.59 Å². The van der Waals surface area contributed by atoms with E-state index in [1.54, 1.807) is 16.8 Å². The summed E-state index contributed by atoms with van der Waals surface area (Å²) in [5, 5.41) is 9.97. The third-order valence-electron chi connectivity index (χ3n) is 4.32. The maximum Gasteiger partial charge on any atom is 0.302 e. The third kappa shape index (κ3) is 3.68. The summed E-state index contributed by atoms with van der Waals surface area (Å²) in [5.41, 5.74) is 7.62. The van der Waals surface area contributed by atoms with E-state index in [1.165, 1.54) is 12.4 Å². The number of nitrogen functional groups attached to an aromatic ring is 1. The summed E-state index contributed by atoms with van der Waals surface area (Å²) >= 11 is 0. The van der Waals surface area contributed by atoms with Gasteiger partial charge in [-0.3, -0.25) is 14.9 Å². The van der Waals surface area contributed by atoms with Crippen LogP contribution in [0, 0.1) is 0 Å². The number of nitrogens with one attached hydrogen (secondary N) is 2. The van der Waals surface area contributed by atoms with Crippen molar-refractivity contribution in [2.75, 3.05) is 17.6 Å². The van der Waals surface area contributed by atoms with Gasteiger partial charge in [-0.05, 0) is 24.6 Å². The van der Waals surface area contributed by atoms with Crippen molar-refractivity contribution in [2.24, 2.45) is 0 Å². The number of benzene rings is 1. The lowest BCUT2D eigenvalue weighted by Gasteiger charge is -2.03. The number of aromatic nitrogens is 5. The predicted molar refractivity (Wildman–Crippen MR) is 110 cm³/mol. The average molecular weight is 406 g/mol. The van der Waals surface area contributed by atoms with Crippen LogP contribution in [0.5, 0.6) is 0 Å². The zero-order chi connectivity index (χ0) is 21.1. The minimum atomic E-state index is -0.549. The quantitative estimate of drug-likeness (QED) is 0.308. The number of oxazole rings is 1. The molecule has 4 rings (SSSR count). The van der Waals surface area contributed by atoms with Crippen LogP contribution in [0.4, 0.5) is 11.8 Å². The van der Waals surface area contributed by atoms with Gasteiger partial charge in [0.25, 0.3) is 5.91 Å². The summed E-state index contributed by atoms with van der Waals surface area (Å²) in [4.78, 5) is 36.5. The molecule has 11 heteroatoms. The Hall–Kier alpha value is -4.28. The SMILES string of the molecule is C=CC(=O)NCCCn1nc(C(=O)Nc2nc3ccccc3o2)c2c(N)ncnc21. The van der Waals surface area contributed by atoms with Crippen LogP contribution in [0.1, 0.15) is 16.9 Å². The van der Waals surface area contributed by atoms with E-state index in [2.05, 4.69) is 37.3 Å². The molecule has 0 radical (unpaired) electrons. The smallest absolute Gasteiger partial charge is 0.302 e. The van der Waals surface area contributed by atoms with E-state index in [4.69, 9.17) is 10.2 Å². The molecule has 30 heavy (non-hydrogen) atoms. The van der Waals surface area contributed by atoms with Crippen LogP contribution in [0.15, 0.2) is 47.7 Å². The average Bonchev–Trinajstić information content (AvgIpc) is 3.32. The Kier molecular flexibility index (Phi) is 5.08. The first-order valence-electron chi connectivity index (χ1n) is 9.11. The van der Waals surface area contributed by atoms with Crippen molar-refractivity contribution in [3.05, 3.63) is 48.9 Å². The van der Waals surface area contributed by atoms with Gasteiger partial charge < -0.3 is 15.5 Å². The molecule has 0 saturated heterocycles. The van der Waals surface area contributed by atoms with Gasteiger partial charge in [-0.1, -0.05) is 18.7 Å². The van der Waals surface area contributed by atoms with Gasteiger partial charge in [0, 0.05) is 13.1 Å². The Morgan fingerprint density at radius 3 is 2.90 bits per heavy atom. The second kappa shape index (κ2) is 7.99. The minimum absolute atomic E-state index is 0.0476. The van der Waals surface area contributed by atoms with Gasteiger partial charge >= 0.3 is 6.01 Å². The van der Waals surface area contributed by atoms with Gasteiger partial charge in [0.2, 0.25) is 5.91 Å². The zero-order valence-electron chi connectivity index (χ0n) is 15.8. The van der Waals surface area contributed by atoms with Gasteiger partial charge in [0.15, 0.2) is 16.9 Å². The number of nitrogens with two attached hydrogens (primary N) is 1. The van der Waals surface area contributed by atoms with Crippen LogP contribution in [0.25, 0.3) is 22.1 Å². The summed E-state index contributed by atoms with van der Waals surface area (Å²) < 4.78 is 7.08. The van der Waals surface area contributed by atoms with Crippen molar-refractivity contribution in [1.29, 1.82) is 0 Å². The number of aryl methyl sites for hydroxylation is 1. The number of carbonyl (C=O) groups excluding carboxylic acids is 2. The Morgan fingerprint density at radius 2 is 2.10 bits per heavy atom. The number of nitrogens with zero attached hydrogens (tertiary/aromatic N) is 5. The molecule has 4 N–H and O–H groups in total. The van der Waals surface area contributed by atoms with Gasteiger partial charge in [0.05, 0.1) is 5.39 Å². The largest absolute Gasteiger partial charge is 0.423 e. The number of para-hydroxylation sites is 2. The van der Waals surface area contributed by atoms with Crippen molar-refractivity contribution < 1.29 is 14.0 Å². The molecule has 0 bridgehead atoms. The zero-order valence-corrected chi connectivity index (χ0v) is 15.8. The Bertz CT molecular complexity index is 1230. The van der Waals surface area contributed by atoms with Gasteiger partial charge in [-0.15, -0.1) is 0 Å². The molecule has 3 aromatic heterocycles. The highest BCUT2D eigenvalue weighted by Gasteiger charge is 2.22. The van der Waals surface area contributed by atoms with Gasteiger partial charge in [0.1, 0.15) is 17.7 Å². The van der Waals surface area contributed by atoms with E-state index in [-0.39, 0.29) is 23.4 Å². The molecule has 0 spiro atoms. The topological polar surface area (TPSA) is 154 Å². The molecule has 152 valence electrons. The predicted octanol–water partition coefficient (Wildman–Crippen LogP) is 1.49. The maximum absolute atomic E-state index is 12.9. The maximum atomic E-state index is 12.9. The Balaban J connectivity index is 1.58.